The Bertz CT molecular complexity index is 2190. The number of nitrogens with zero attached hydrogens (tertiary/aromatic N) is 6. The molecule has 60 heavy (non-hydrogen) atoms. The van der Waals surface area contributed by atoms with Gasteiger partial charge >= 0.3 is 0 Å². The summed E-state index contributed by atoms with van der Waals surface area (Å²) in [5.41, 5.74) is 8.36. The Hall–Kier alpha value is -5.84. The van der Waals surface area contributed by atoms with Gasteiger partial charge < -0.3 is 19.8 Å². The highest BCUT2D eigenvalue weighted by atomic mass is 16.2. The fourth-order valence-electron chi connectivity index (χ4n) is 9.81. The number of amides is 2. The molecule has 0 unspecified atom stereocenters. The Labute approximate surface area is 353 Å². The van der Waals surface area contributed by atoms with E-state index in [2.05, 4.69) is 111 Å². The van der Waals surface area contributed by atoms with Crippen LogP contribution in [-0.2, 0) is 9.59 Å². The van der Waals surface area contributed by atoms with E-state index in [-0.39, 0.29) is 36.0 Å². The highest BCUT2D eigenvalue weighted by Crippen LogP contribution is 2.38. The molecule has 6 aromatic rings. The number of carbonyl (C=O) groups excluding carboxylic acids is 2. The highest BCUT2D eigenvalue weighted by Gasteiger charge is 2.40. The summed E-state index contributed by atoms with van der Waals surface area (Å²) in [6.45, 7) is 9.24. The monoisotopic (exact) mass is 800 g/mol. The molecule has 0 bridgehead atoms. The van der Waals surface area contributed by atoms with Gasteiger partial charge in [0, 0.05) is 13.1 Å². The molecule has 2 amide bonds. The van der Waals surface area contributed by atoms with E-state index in [1.54, 1.807) is 0 Å². The zero-order chi connectivity index (χ0) is 41.0. The Morgan fingerprint density at radius 1 is 0.583 bits per heavy atom. The predicted molar refractivity (Wildman–Crippen MR) is 237 cm³/mol. The molecule has 0 saturated carbocycles. The number of carbonyl (C=O) groups is 2. The molecule has 3 fully saturated rings. The standard InChI is InChI=1S/C50H56N8O2/c1-3-55(4-2)45(39-15-7-5-8-16-39)49(59)57-31-13-19-43(57)47-51-33-41(53-47)37-25-21-35(22-26-37)36-23-27-38(28-24-36)42-34-52-48(54-42)44-20-14-32-58(44)50(60)46(56-29-11-12-30-56)40-17-9-6-10-18-40/h5-10,15-18,21-28,33-34,43-46H,3-4,11-14,19-20,29-32H2,1-2H3,(H,51,53)(H,52,54)/t43-,44-,45+,46+/m0/s1. The first-order valence-electron chi connectivity index (χ1n) is 22.0. The summed E-state index contributed by atoms with van der Waals surface area (Å²) in [5.74, 6) is 2.03. The molecule has 10 heteroatoms. The van der Waals surface area contributed by atoms with Crippen LogP contribution >= 0.6 is 0 Å². The third kappa shape index (κ3) is 7.94. The van der Waals surface area contributed by atoms with Crippen LogP contribution in [0.4, 0.5) is 0 Å². The molecule has 9 rings (SSSR count). The zero-order valence-electron chi connectivity index (χ0n) is 34.8. The molecular weight excluding hydrogens is 745 g/mol. The summed E-state index contributed by atoms with van der Waals surface area (Å²) in [6.07, 6.45) is 9.79. The van der Waals surface area contributed by atoms with Gasteiger partial charge in [-0.3, -0.25) is 19.4 Å². The summed E-state index contributed by atoms with van der Waals surface area (Å²) < 4.78 is 0. The number of imidazole rings is 2. The Morgan fingerprint density at radius 3 is 1.52 bits per heavy atom. The van der Waals surface area contributed by atoms with E-state index in [0.717, 1.165) is 134 Å². The van der Waals surface area contributed by atoms with Crippen LogP contribution < -0.4 is 0 Å². The van der Waals surface area contributed by atoms with E-state index in [1.807, 2.05) is 53.7 Å². The minimum Gasteiger partial charge on any atom is -0.340 e. The summed E-state index contributed by atoms with van der Waals surface area (Å²) in [5, 5.41) is 0. The maximum atomic E-state index is 14.3. The van der Waals surface area contributed by atoms with Crippen molar-refractivity contribution in [3.8, 4) is 33.6 Å². The number of likely N-dealkylation sites (tertiary alicyclic amines) is 3. The first kappa shape index (κ1) is 39.6. The van der Waals surface area contributed by atoms with Crippen LogP contribution in [-0.4, -0.2) is 90.6 Å². The van der Waals surface area contributed by atoms with Gasteiger partial charge in [0.05, 0.1) is 35.9 Å². The molecule has 308 valence electrons. The number of rotatable bonds is 13. The van der Waals surface area contributed by atoms with E-state index in [4.69, 9.17) is 9.97 Å². The first-order chi connectivity index (χ1) is 29.5. The molecule has 5 heterocycles. The van der Waals surface area contributed by atoms with E-state index in [9.17, 15) is 9.59 Å². The average molecular weight is 801 g/mol. The molecule has 0 spiro atoms. The summed E-state index contributed by atoms with van der Waals surface area (Å²) in [6, 6.07) is 36.9. The van der Waals surface area contributed by atoms with Gasteiger partial charge in [0.15, 0.2) is 0 Å². The molecule has 2 N–H and O–H groups in total. The Kier molecular flexibility index (Phi) is 11.7. The lowest BCUT2D eigenvalue weighted by Crippen LogP contribution is -2.43. The molecule has 3 saturated heterocycles. The molecule has 3 aliphatic rings. The second-order valence-electron chi connectivity index (χ2n) is 16.5. The van der Waals surface area contributed by atoms with Crippen LogP contribution in [0.25, 0.3) is 33.6 Å². The molecule has 2 aromatic heterocycles. The van der Waals surface area contributed by atoms with E-state index < -0.39 is 0 Å². The normalized spacial score (nSPS) is 19.3. The van der Waals surface area contributed by atoms with E-state index in [1.165, 1.54) is 0 Å². The fourth-order valence-corrected chi connectivity index (χ4v) is 9.81. The lowest BCUT2D eigenvalue weighted by Gasteiger charge is -2.34. The highest BCUT2D eigenvalue weighted by molar-refractivity contribution is 5.85. The topological polar surface area (TPSA) is 104 Å². The maximum Gasteiger partial charge on any atom is 0.245 e. The maximum absolute atomic E-state index is 14.3. The molecule has 4 atom stereocenters. The second kappa shape index (κ2) is 17.8. The number of benzene rings is 4. The van der Waals surface area contributed by atoms with Crippen molar-refractivity contribution < 1.29 is 9.59 Å². The minimum atomic E-state index is -0.312. The largest absolute Gasteiger partial charge is 0.340 e. The molecule has 0 radical (unpaired) electrons. The van der Waals surface area contributed by atoms with E-state index in [0.29, 0.717) is 0 Å². The zero-order valence-corrected chi connectivity index (χ0v) is 34.8. The molecule has 0 aliphatic carbocycles. The summed E-state index contributed by atoms with van der Waals surface area (Å²) >= 11 is 0. The van der Waals surface area contributed by atoms with Crippen molar-refractivity contribution in [1.82, 2.24) is 39.5 Å². The van der Waals surface area contributed by atoms with Crippen molar-refractivity contribution in [2.45, 2.75) is 76.5 Å². The second-order valence-corrected chi connectivity index (χ2v) is 16.5. The molecule has 4 aromatic carbocycles. The van der Waals surface area contributed by atoms with Crippen LogP contribution in [0.1, 0.15) is 99.3 Å². The minimum absolute atomic E-state index is 0.0621. The lowest BCUT2D eigenvalue weighted by atomic mass is 10.0. The van der Waals surface area contributed by atoms with Crippen LogP contribution in [0, 0.1) is 0 Å². The number of likely N-dealkylation sites (N-methyl/N-ethyl adjacent to an activating group) is 1. The summed E-state index contributed by atoms with van der Waals surface area (Å²) in [4.78, 5) is 54.1. The fraction of sp³-hybridized carbons (Fsp3) is 0.360. The van der Waals surface area contributed by atoms with Gasteiger partial charge in [-0.05, 0) is 98.1 Å². The average Bonchev–Trinajstić information content (AvgIpc) is 4.16. The van der Waals surface area contributed by atoms with Crippen LogP contribution in [0.2, 0.25) is 0 Å². The van der Waals surface area contributed by atoms with Gasteiger partial charge in [0.25, 0.3) is 0 Å². The number of nitrogens with one attached hydrogen (secondary N) is 2. The third-order valence-electron chi connectivity index (χ3n) is 13.0. The Balaban J connectivity index is 0.864. The quantitative estimate of drug-likeness (QED) is 0.121. The van der Waals surface area contributed by atoms with Crippen molar-refractivity contribution in [3.63, 3.8) is 0 Å². The Morgan fingerprint density at radius 2 is 1.03 bits per heavy atom. The molecule has 10 nitrogen and oxygen atoms in total. The predicted octanol–water partition coefficient (Wildman–Crippen LogP) is 9.38. The number of hydrogen-bond donors (Lipinski definition) is 2. The van der Waals surface area contributed by atoms with Crippen molar-refractivity contribution in [2.75, 3.05) is 39.3 Å². The van der Waals surface area contributed by atoms with Crippen molar-refractivity contribution in [2.24, 2.45) is 0 Å². The van der Waals surface area contributed by atoms with Crippen LogP contribution in [0.3, 0.4) is 0 Å². The molecular formula is C50H56N8O2. The van der Waals surface area contributed by atoms with Gasteiger partial charge in [-0.25, -0.2) is 9.97 Å². The summed E-state index contributed by atoms with van der Waals surface area (Å²) in [7, 11) is 0. The van der Waals surface area contributed by atoms with Gasteiger partial charge in [-0.1, -0.05) is 123 Å². The number of aromatic nitrogens is 4. The van der Waals surface area contributed by atoms with E-state index >= 15 is 0 Å². The van der Waals surface area contributed by atoms with Crippen molar-refractivity contribution >= 4 is 11.8 Å². The third-order valence-corrected chi connectivity index (χ3v) is 13.0. The number of hydrogen-bond acceptors (Lipinski definition) is 6. The van der Waals surface area contributed by atoms with Crippen LogP contribution in [0.15, 0.2) is 122 Å². The van der Waals surface area contributed by atoms with Crippen LogP contribution in [0.5, 0.6) is 0 Å². The number of aromatic amines is 2. The SMILES string of the molecule is CCN(CC)[C@@H](C(=O)N1CCC[C@H]1c1ncc(-c2ccc(-c3ccc(-c4cnc([C@@H]5CCCN5C(=O)[C@@H](c5ccccc5)N5CCCC5)[nH]4)cc3)cc2)[nH]1)c1ccccc1. The van der Waals surface area contributed by atoms with Gasteiger partial charge in [0.1, 0.15) is 23.7 Å². The van der Waals surface area contributed by atoms with Crippen molar-refractivity contribution in [1.29, 1.82) is 0 Å². The number of H-pyrrole nitrogens is 2. The van der Waals surface area contributed by atoms with Gasteiger partial charge in [-0.15, -0.1) is 0 Å². The smallest absolute Gasteiger partial charge is 0.245 e. The van der Waals surface area contributed by atoms with Crippen molar-refractivity contribution in [3.05, 3.63) is 144 Å². The first-order valence-corrected chi connectivity index (χ1v) is 22.0. The lowest BCUT2D eigenvalue weighted by molar-refractivity contribution is -0.139. The van der Waals surface area contributed by atoms with Gasteiger partial charge in [0.2, 0.25) is 11.8 Å². The molecule has 3 aliphatic heterocycles. The van der Waals surface area contributed by atoms with Gasteiger partial charge in [-0.2, -0.15) is 0 Å².